The van der Waals surface area contributed by atoms with Crippen LogP contribution in [0.4, 0.5) is 0 Å². The van der Waals surface area contributed by atoms with E-state index in [1.165, 1.54) is 4.90 Å². The molecule has 4 aromatic carbocycles. The number of ether oxygens (including phenoxy) is 1. The minimum Gasteiger partial charge on any atom is -0.359 e. The summed E-state index contributed by atoms with van der Waals surface area (Å²) in [7, 11) is 0. The lowest BCUT2D eigenvalue weighted by molar-refractivity contribution is -0.146. The molecule has 4 heteroatoms. The third-order valence-electron chi connectivity index (χ3n) is 8.23. The van der Waals surface area contributed by atoms with E-state index in [4.69, 9.17) is 4.74 Å². The summed E-state index contributed by atoms with van der Waals surface area (Å²) in [5.74, 6) is -0.109. The van der Waals surface area contributed by atoms with Crippen LogP contribution in [0.25, 0.3) is 0 Å². The standard InChI is InChI=1S/C37H39NO3/c1-2-3-16-30(29-17-8-4-9-18-29)27-36(40)38-34(25-26-35(38)39)28-41-37(31-19-10-5-11-20-31,32-21-12-6-13-22-32)33-23-14-7-15-24-33/h4-15,17-24,30,34H,2-3,16,25-28H2,1H3/t30-,34+/m1/s1. The first-order valence-corrected chi connectivity index (χ1v) is 14.8. The molecular weight excluding hydrogens is 506 g/mol. The van der Waals surface area contributed by atoms with Crippen molar-refractivity contribution in [1.29, 1.82) is 0 Å². The molecule has 4 nitrogen and oxygen atoms in total. The molecule has 1 fully saturated rings. The highest BCUT2D eigenvalue weighted by molar-refractivity contribution is 5.97. The van der Waals surface area contributed by atoms with Gasteiger partial charge in [-0.15, -0.1) is 0 Å². The first-order chi connectivity index (χ1) is 20.1. The number of amides is 2. The van der Waals surface area contributed by atoms with E-state index < -0.39 is 5.60 Å². The van der Waals surface area contributed by atoms with Gasteiger partial charge >= 0.3 is 0 Å². The van der Waals surface area contributed by atoms with Crippen molar-refractivity contribution in [2.45, 2.75) is 63.0 Å². The minimum absolute atomic E-state index is 0.0932. The Labute approximate surface area is 244 Å². The molecule has 1 saturated heterocycles. The molecule has 1 heterocycles. The Morgan fingerprint density at radius 3 is 1.78 bits per heavy atom. The number of likely N-dealkylation sites (tertiary alicyclic amines) is 1. The lowest BCUT2D eigenvalue weighted by Gasteiger charge is -2.37. The SMILES string of the molecule is CCCC[C@H](CC(=O)N1C(=O)CC[C@H]1COC(c1ccccc1)(c1ccccc1)c1ccccc1)c1ccccc1. The van der Waals surface area contributed by atoms with Crippen LogP contribution in [0, 0.1) is 0 Å². The van der Waals surface area contributed by atoms with Crippen LogP contribution in [0.2, 0.25) is 0 Å². The smallest absolute Gasteiger partial charge is 0.230 e. The fourth-order valence-electron chi connectivity index (χ4n) is 6.11. The van der Waals surface area contributed by atoms with Gasteiger partial charge in [-0.05, 0) is 41.0 Å². The number of benzene rings is 4. The van der Waals surface area contributed by atoms with Crippen molar-refractivity contribution >= 4 is 11.8 Å². The number of carbonyl (C=O) groups is 2. The molecule has 0 N–H and O–H groups in total. The van der Waals surface area contributed by atoms with Crippen molar-refractivity contribution in [3.8, 4) is 0 Å². The zero-order valence-corrected chi connectivity index (χ0v) is 23.8. The van der Waals surface area contributed by atoms with Crippen LogP contribution in [-0.2, 0) is 19.9 Å². The molecule has 1 aliphatic heterocycles. The molecule has 1 aliphatic rings. The fraction of sp³-hybridized carbons (Fsp3) is 0.297. The van der Waals surface area contributed by atoms with Crippen molar-refractivity contribution in [1.82, 2.24) is 4.90 Å². The van der Waals surface area contributed by atoms with E-state index in [9.17, 15) is 9.59 Å². The van der Waals surface area contributed by atoms with Gasteiger partial charge in [0.2, 0.25) is 11.8 Å². The van der Waals surface area contributed by atoms with E-state index in [1.54, 1.807) is 0 Å². The lowest BCUT2D eigenvalue weighted by atomic mass is 9.80. The van der Waals surface area contributed by atoms with Crippen molar-refractivity contribution in [2.24, 2.45) is 0 Å². The Bertz CT molecular complexity index is 1290. The molecule has 0 saturated carbocycles. The molecule has 0 radical (unpaired) electrons. The maximum atomic E-state index is 13.8. The second-order valence-corrected chi connectivity index (χ2v) is 10.9. The number of nitrogens with zero attached hydrogens (tertiary/aromatic N) is 1. The number of rotatable bonds is 12. The summed E-state index contributed by atoms with van der Waals surface area (Å²) in [6.07, 6.45) is 4.32. The third-order valence-corrected chi connectivity index (χ3v) is 8.23. The summed E-state index contributed by atoms with van der Waals surface area (Å²) < 4.78 is 7.01. The monoisotopic (exact) mass is 545 g/mol. The largest absolute Gasteiger partial charge is 0.359 e. The van der Waals surface area contributed by atoms with E-state index in [1.807, 2.05) is 72.8 Å². The van der Waals surface area contributed by atoms with Gasteiger partial charge < -0.3 is 4.74 Å². The van der Waals surface area contributed by atoms with Gasteiger partial charge in [-0.2, -0.15) is 0 Å². The summed E-state index contributed by atoms with van der Waals surface area (Å²) in [5.41, 5.74) is 3.28. The van der Waals surface area contributed by atoms with Crippen LogP contribution in [-0.4, -0.2) is 29.4 Å². The Morgan fingerprint density at radius 2 is 1.29 bits per heavy atom. The number of unbranched alkanes of at least 4 members (excludes halogenated alkanes) is 1. The quantitative estimate of drug-likeness (QED) is 0.170. The fourth-order valence-corrected chi connectivity index (χ4v) is 6.11. The maximum absolute atomic E-state index is 13.8. The van der Waals surface area contributed by atoms with Gasteiger partial charge in [0.1, 0.15) is 5.60 Å². The maximum Gasteiger partial charge on any atom is 0.230 e. The van der Waals surface area contributed by atoms with Gasteiger partial charge in [-0.1, -0.05) is 141 Å². The highest BCUT2D eigenvalue weighted by Crippen LogP contribution is 2.41. The van der Waals surface area contributed by atoms with E-state index in [-0.39, 0.29) is 30.4 Å². The molecule has 2 amide bonds. The topological polar surface area (TPSA) is 46.6 Å². The van der Waals surface area contributed by atoms with Crippen LogP contribution in [0.1, 0.15) is 73.6 Å². The van der Waals surface area contributed by atoms with Gasteiger partial charge in [-0.25, -0.2) is 0 Å². The Kier molecular flexibility index (Phi) is 9.43. The average Bonchev–Trinajstić information content (AvgIpc) is 3.41. The highest BCUT2D eigenvalue weighted by Gasteiger charge is 2.42. The lowest BCUT2D eigenvalue weighted by Crippen LogP contribution is -2.44. The molecule has 0 aromatic heterocycles. The van der Waals surface area contributed by atoms with E-state index in [0.717, 1.165) is 41.5 Å². The van der Waals surface area contributed by atoms with Gasteiger partial charge in [0.15, 0.2) is 0 Å². The van der Waals surface area contributed by atoms with E-state index >= 15 is 0 Å². The molecule has 2 atom stereocenters. The van der Waals surface area contributed by atoms with Crippen LogP contribution < -0.4 is 0 Å². The summed E-state index contributed by atoms with van der Waals surface area (Å²) in [4.78, 5) is 28.4. The van der Waals surface area contributed by atoms with Gasteiger partial charge in [0.05, 0.1) is 12.6 Å². The van der Waals surface area contributed by atoms with Crippen molar-refractivity contribution in [3.63, 3.8) is 0 Å². The predicted molar refractivity (Wildman–Crippen MR) is 163 cm³/mol. The summed E-state index contributed by atoms with van der Waals surface area (Å²) in [5, 5.41) is 0. The molecule has 0 bridgehead atoms. The predicted octanol–water partition coefficient (Wildman–Crippen LogP) is 7.88. The summed E-state index contributed by atoms with van der Waals surface area (Å²) in [6, 6.07) is 40.6. The molecular formula is C37H39NO3. The van der Waals surface area contributed by atoms with Gasteiger partial charge in [0.25, 0.3) is 0 Å². The Hall–Kier alpha value is -4.02. The molecule has 0 spiro atoms. The van der Waals surface area contributed by atoms with E-state index in [2.05, 4.69) is 55.5 Å². The van der Waals surface area contributed by atoms with Gasteiger partial charge in [0, 0.05) is 12.8 Å². The Balaban J connectivity index is 1.44. The summed E-state index contributed by atoms with van der Waals surface area (Å²) in [6.45, 7) is 2.42. The van der Waals surface area contributed by atoms with Gasteiger partial charge in [-0.3, -0.25) is 14.5 Å². The zero-order valence-electron chi connectivity index (χ0n) is 23.8. The molecule has 0 unspecified atom stereocenters. The number of imide groups is 1. The number of carbonyl (C=O) groups excluding carboxylic acids is 2. The number of hydrogen-bond donors (Lipinski definition) is 0. The highest BCUT2D eigenvalue weighted by atomic mass is 16.5. The van der Waals surface area contributed by atoms with Crippen molar-refractivity contribution in [2.75, 3.05) is 6.61 Å². The molecule has 4 aromatic rings. The first kappa shape index (κ1) is 28.5. The normalized spacial score (nSPS) is 16.1. The van der Waals surface area contributed by atoms with E-state index in [0.29, 0.717) is 19.3 Å². The van der Waals surface area contributed by atoms with Crippen LogP contribution in [0.3, 0.4) is 0 Å². The molecule has 5 rings (SSSR count). The molecule has 0 aliphatic carbocycles. The zero-order chi connectivity index (χ0) is 28.5. The Morgan fingerprint density at radius 1 is 0.805 bits per heavy atom. The second kappa shape index (κ2) is 13.6. The second-order valence-electron chi connectivity index (χ2n) is 10.9. The van der Waals surface area contributed by atoms with Crippen LogP contribution in [0.15, 0.2) is 121 Å². The number of hydrogen-bond acceptors (Lipinski definition) is 3. The average molecular weight is 546 g/mol. The summed E-state index contributed by atoms with van der Waals surface area (Å²) >= 11 is 0. The first-order valence-electron chi connectivity index (χ1n) is 14.8. The third kappa shape index (κ3) is 6.34. The van der Waals surface area contributed by atoms with Crippen molar-refractivity contribution < 1.29 is 14.3 Å². The van der Waals surface area contributed by atoms with Crippen LogP contribution >= 0.6 is 0 Å². The molecule has 41 heavy (non-hydrogen) atoms. The van der Waals surface area contributed by atoms with Crippen LogP contribution in [0.5, 0.6) is 0 Å². The van der Waals surface area contributed by atoms with Crippen molar-refractivity contribution in [3.05, 3.63) is 144 Å². The minimum atomic E-state index is -0.891. The molecule has 210 valence electrons.